The Morgan fingerprint density at radius 2 is 2.06 bits per heavy atom. The summed E-state index contributed by atoms with van der Waals surface area (Å²) < 4.78 is 5.61. The van der Waals surface area contributed by atoms with Gasteiger partial charge in [-0.25, -0.2) is 0 Å². The van der Waals surface area contributed by atoms with E-state index >= 15 is 0 Å². The first kappa shape index (κ1) is 12.4. The maximum atomic E-state index is 6.48. The van der Waals surface area contributed by atoms with Gasteiger partial charge in [0.1, 0.15) is 5.75 Å². The van der Waals surface area contributed by atoms with Crippen LogP contribution in [0.4, 0.5) is 0 Å². The molecule has 0 spiro atoms. The molecular formula is C14H22N2O. The summed E-state index contributed by atoms with van der Waals surface area (Å²) in [6.07, 6.45) is 10.5. The molecule has 0 aliphatic heterocycles. The van der Waals surface area contributed by atoms with Crippen LogP contribution in [0.2, 0.25) is 0 Å². The summed E-state index contributed by atoms with van der Waals surface area (Å²) in [6.45, 7) is 2.84. The van der Waals surface area contributed by atoms with Gasteiger partial charge in [-0.1, -0.05) is 26.2 Å². The summed E-state index contributed by atoms with van der Waals surface area (Å²) in [6, 6.07) is 2.06. The molecule has 0 saturated heterocycles. The number of hydrogen-bond acceptors (Lipinski definition) is 3. The van der Waals surface area contributed by atoms with E-state index in [0.29, 0.717) is 0 Å². The van der Waals surface area contributed by atoms with E-state index in [-0.39, 0.29) is 5.54 Å². The van der Waals surface area contributed by atoms with E-state index in [9.17, 15) is 0 Å². The van der Waals surface area contributed by atoms with Crippen LogP contribution in [0.15, 0.2) is 18.5 Å². The zero-order valence-corrected chi connectivity index (χ0v) is 10.6. The van der Waals surface area contributed by atoms with Gasteiger partial charge in [-0.2, -0.15) is 0 Å². The molecule has 1 saturated carbocycles. The van der Waals surface area contributed by atoms with Gasteiger partial charge in [0.25, 0.3) is 0 Å². The van der Waals surface area contributed by atoms with Crippen molar-refractivity contribution in [2.24, 2.45) is 5.73 Å². The van der Waals surface area contributed by atoms with Crippen LogP contribution < -0.4 is 10.5 Å². The van der Waals surface area contributed by atoms with Gasteiger partial charge in [-0.05, 0) is 30.9 Å². The molecule has 0 bridgehead atoms. The number of pyridine rings is 1. The molecule has 0 unspecified atom stereocenters. The van der Waals surface area contributed by atoms with Gasteiger partial charge >= 0.3 is 0 Å². The summed E-state index contributed by atoms with van der Waals surface area (Å²) in [5, 5.41) is 0. The molecule has 3 nitrogen and oxygen atoms in total. The summed E-state index contributed by atoms with van der Waals surface area (Å²) in [5.74, 6) is 0.847. The van der Waals surface area contributed by atoms with Crippen molar-refractivity contribution in [3.05, 3.63) is 24.0 Å². The molecule has 17 heavy (non-hydrogen) atoms. The second-order valence-corrected chi connectivity index (χ2v) is 4.97. The Morgan fingerprint density at radius 3 is 2.76 bits per heavy atom. The van der Waals surface area contributed by atoms with Crippen molar-refractivity contribution in [2.75, 3.05) is 6.61 Å². The van der Waals surface area contributed by atoms with E-state index in [4.69, 9.17) is 10.5 Å². The number of nitrogens with zero attached hydrogens (tertiary/aromatic N) is 1. The third-order valence-corrected chi connectivity index (χ3v) is 3.51. The summed E-state index contributed by atoms with van der Waals surface area (Å²) in [7, 11) is 0. The van der Waals surface area contributed by atoms with E-state index in [2.05, 4.69) is 18.0 Å². The fourth-order valence-electron chi connectivity index (χ4n) is 2.46. The van der Waals surface area contributed by atoms with Crippen molar-refractivity contribution in [1.82, 2.24) is 4.98 Å². The van der Waals surface area contributed by atoms with Crippen molar-refractivity contribution < 1.29 is 4.74 Å². The second-order valence-electron chi connectivity index (χ2n) is 4.97. The molecule has 0 amide bonds. The van der Waals surface area contributed by atoms with Crippen LogP contribution in [0, 0.1) is 0 Å². The zero-order chi connectivity index (χ0) is 12.1. The van der Waals surface area contributed by atoms with Gasteiger partial charge in [-0.3, -0.25) is 4.98 Å². The van der Waals surface area contributed by atoms with Crippen LogP contribution in [-0.2, 0) is 5.54 Å². The van der Waals surface area contributed by atoms with Crippen molar-refractivity contribution >= 4 is 0 Å². The smallest absolute Gasteiger partial charge is 0.137 e. The summed E-state index contributed by atoms with van der Waals surface area (Å²) >= 11 is 0. The van der Waals surface area contributed by atoms with Gasteiger partial charge in [0, 0.05) is 11.7 Å². The van der Waals surface area contributed by atoms with E-state index < -0.39 is 0 Å². The Labute approximate surface area is 103 Å². The van der Waals surface area contributed by atoms with Gasteiger partial charge in [0.15, 0.2) is 0 Å². The molecule has 1 aromatic heterocycles. The van der Waals surface area contributed by atoms with Crippen LogP contribution in [0.1, 0.15) is 51.0 Å². The van der Waals surface area contributed by atoms with E-state index in [0.717, 1.165) is 37.2 Å². The first-order valence-corrected chi connectivity index (χ1v) is 6.62. The highest BCUT2D eigenvalue weighted by atomic mass is 16.5. The van der Waals surface area contributed by atoms with E-state index in [1.54, 1.807) is 6.20 Å². The predicted octanol–water partition coefficient (Wildman–Crippen LogP) is 2.99. The first-order valence-electron chi connectivity index (χ1n) is 6.62. The highest BCUT2D eigenvalue weighted by Gasteiger charge is 2.29. The lowest BCUT2D eigenvalue weighted by atomic mass is 9.78. The van der Waals surface area contributed by atoms with Gasteiger partial charge < -0.3 is 10.5 Å². The van der Waals surface area contributed by atoms with Crippen molar-refractivity contribution in [1.29, 1.82) is 0 Å². The van der Waals surface area contributed by atoms with E-state index in [1.807, 2.05) is 6.20 Å². The van der Waals surface area contributed by atoms with Crippen LogP contribution in [0.25, 0.3) is 0 Å². The summed E-state index contributed by atoms with van der Waals surface area (Å²) in [5.41, 5.74) is 7.43. The fraction of sp³-hybridized carbons (Fsp3) is 0.643. The van der Waals surface area contributed by atoms with Gasteiger partial charge in [0.2, 0.25) is 0 Å². The van der Waals surface area contributed by atoms with Crippen LogP contribution >= 0.6 is 0 Å². The third kappa shape index (κ3) is 2.97. The van der Waals surface area contributed by atoms with Gasteiger partial charge in [-0.15, -0.1) is 0 Å². The maximum Gasteiger partial charge on any atom is 0.137 e. The Kier molecular flexibility index (Phi) is 4.00. The third-order valence-electron chi connectivity index (χ3n) is 3.51. The second kappa shape index (κ2) is 5.50. The quantitative estimate of drug-likeness (QED) is 0.871. The fourth-order valence-corrected chi connectivity index (χ4v) is 2.46. The minimum Gasteiger partial charge on any atom is -0.492 e. The Bertz CT molecular complexity index is 359. The Hall–Kier alpha value is -1.09. The normalized spacial score (nSPS) is 18.9. The Morgan fingerprint density at radius 1 is 1.29 bits per heavy atom. The van der Waals surface area contributed by atoms with Crippen molar-refractivity contribution in [3.63, 3.8) is 0 Å². The van der Waals surface area contributed by atoms with Crippen LogP contribution in [0.3, 0.4) is 0 Å². The lowest BCUT2D eigenvalue weighted by Gasteiger charge is -2.33. The highest BCUT2D eigenvalue weighted by molar-refractivity contribution is 5.29. The number of ether oxygens (including phenoxy) is 1. The molecule has 1 heterocycles. The maximum absolute atomic E-state index is 6.48. The summed E-state index contributed by atoms with van der Waals surface area (Å²) in [4.78, 5) is 4.25. The lowest BCUT2D eigenvalue weighted by Crippen LogP contribution is -2.38. The minimum absolute atomic E-state index is 0.184. The molecule has 94 valence electrons. The SMILES string of the molecule is CCCOc1cncc(C2(N)CCCCC2)c1. The largest absolute Gasteiger partial charge is 0.492 e. The molecule has 1 aromatic rings. The number of nitrogens with two attached hydrogens (primary N) is 1. The molecule has 0 radical (unpaired) electrons. The molecule has 0 aromatic carbocycles. The number of hydrogen-bond donors (Lipinski definition) is 1. The Balaban J connectivity index is 2.14. The van der Waals surface area contributed by atoms with Crippen molar-refractivity contribution in [2.45, 2.75) is 51.0 Å². The monoisotopic (exact) mass is 234 g/mol. The van der Waals surface area contributed by atoms with Crippen LogP contribution in [-0.4, -0.2) is 11.6 Å². The van der Waals surface area contributed by atoms with Crippen LogP contribution in [0.5, 0.6) is 5.75 Å². The van der Waals surface area contributed by atoms with Gasteiger partial charge in [0.05, 0.1) is 12.8 Å². The topological polar surface area (TPSA) is 48.1 Å². The molecule has 2 N–H and O–H groups in total. The average Bonchev–Trinajstić information content (AvgIpc) is 2.38. The molecule has 0 atom stereocenters. The zero-order valence-electron chi connectivity index (χ0n) is 10.6. The van der Waals surface area contributed by atoms with E-state index in [1.165, 1.54) is 19.3 Å². The molecule has 3 heteroatoms. The molecule has 1 aliphatic carbocycles. The molecule has 1 aliphatic rings. The van der Waals surface area contributed by atoms with Crippen molar-refractivity contribution in [3.8, 4) is 5.75 Å². The average molecular weight is 234 g/mol. The predicted molar refractivity (Wildman–Crippen MR) is 69.0 cm³/mol. The lowest BCUT2D eigenvalue weighted by molar-refractivity contribution is 0.294. The number of aromatic nitrogens is 1. The standard InChI is InChI=1S/C14H22N2O/c1-2-8-17-13-9-12(10-16-11-13)14(15)6-4-3-5-7-14/h9-11H,2-8,15H2,1H3. The number of rotatable bonds is 4. The minimum atomic E-state index is -0.184. The molecule has 2 rings (SSSR count). The molecular weight excluding hydrogens is 212 g/mol. The molecule has 1 fully saturated rings. The highest BCUT2D eigenvalue weighted by Crippen LogP contribution is 2.35. The first-order chi connectivity index (χ1) is 8.24.